The zero-order valence-electron chi connectivity index (χ0n) is 18.4. The van der Waals surface area contributed by atoms with Crippen LogP contribution >= 0.6 is 0 Å². The molecule has 10 nitrogen and oxygen atoms in total. The van der Waals surface area contributed by atoms with Crippen molar-refractivity contribution in [2.75, 3.05) is 11.4 Å². The SMILES string of the molecule is COc1cccc(N(Cc2ccc(-c3nnc(C(F)F)o3)cc2F)S(=O)(=O)N2C=CS(=N)(=O)C=C2)c1. The predicted octanol–water partition coefficient (Wildman–Crippen LogP) is 4.38. The molecule has 0 aliphatic carbocycles. The summed E-state index contributed by atoms with van der Waals surface area (Å²) < 4.78 is 98.6. The molecule has 1 aliphatic heterocycles. The van der Waals surface area contributed by atoms with E-state index in [1.807, 2.05) is 0 Å². The Balaban J connectivity index is 1.72. The summed E-state index contributed by atoms with van der Waals surface area (Å²) >= 11 is 0. The molecule has 15 heteroatoms. The van der Waals surface area contributed by atoms with E-state index in [9.17, 15) is 21.4 Å². The molecular formula is C21H18F3N5O5S2. The number of hydrogen-bond donors (Lipinski definition) is 1. The fourth-order valence-corrected chi connectivity index (χ4v) is 5.35. The second kappa shape index (κ2) is 9.66. The Morgan fingerprint density at radius 3 is 2.50 bits per heavy atom. The van der Waals surface area contributed by atoms with Crippen LogP contribution < -0.4 is 9.04 Å². The van der Waals surface area contributed by atoms with Gasteiger partial charge in [0, 0.05) is 40.4 Å². The van der Waals surface area contributed by atoms with Crippen LogP contribution in [0.25, 0.3) is 11.5 Å². The van der Waals surface area contributed by atoms with Gasteiger partial charge in [0.1, 0.15) is 11.6 Å². The van der Waals surface area contributed by atoms with Crippen molar-refractivity contribution in [3.05, 3.63) is 83.0 Å². The molecule has 190 valence electrons. The molecule has 0 bridgehead atoms. The summed E-state index contributed by atoms with van der Waals surface area (Å²) in [5.41, 5.74) is 0.0989. The Hall–Kier alpha value is -3.85. The topological polar surface area (TPSA) is 130 Å². The van der Waals surface area contributed by atoms with Crippen molar-refractivity contribution in [2.24, 2.45) is 0 Å². The minimum atomic E-state index is -4.40. The van der Waals surface area contributed by atoms with Crippen LogP contribution in [0.5, 0.6) is 5.75 Å². The summed E-state index contributed by atoms with van der Waals surface area (Å²) in [5, 5.41) is 8.54. The van der Waals surface area contributed by atoms with Crippen molar-refractivity contribution in [1.29, 1.82) is 4.78 Å². The molecule has 1 aromatic heterocycles. The fraction of sp³-hybridized carbons (Fsp3) is 0.143. The van der Waals surface area contributed by atoms with Gasteiger partial charge in [0.25, 0.3) is 5.89 Å². The first-order valence-corrected chi connectivity index (χ1v) is 13.1. The van der Waals surface area contributed by atoms with Crippen molar-refractivity contribution in [1.82, 2.24) is 14.5 Å². The van der Waals surface area contributed by atoms with Crippen molar-refractivity contribution in [2.45, 2.75) is 13.0 Å². The standard InChI is InChI=1S/C21H18F3N5O5S2/c1-33-17-4-2-3-16(12-17)29(36(31,32)28-7-9-35(25,30)10-8-28)13-15-6-5-14(11-18(15)22)20-26-27-21(34-20)19(23)24/h2-12,19,25H,13H2,1H3. The van der Waals surface area contributed by atoms with Crippen LogP contribution in [0, 0.1) is 10.6 Å². The van der Waals surface area contributed by atoms with Gasteiger partial charge in [-0.15, -0.1) is 10.2 Å². The number of hydrogen-bond acceptors (Lipinski definition) is 8. The van der Waals surface area contributed by atoms with Crippen LogP contribution in [0.1, 0.15) is 17.9 Å². The number of alkyl halides is 2. The minimum absolute atomic E-state index is 0.0264. The monoisotopic (exact) mass is 541 g/mol. The van der Waals surface area contributed by atoms with Gasteiger partial charge < -0.3 is 9.15 Å². The molecule has 0 unspecified atom stereocenters. The summed E-state index contributed by atoms with van der Waals surface area (Å²) in [6.07, 6.45) is -1.03. The summed E-state index contributed by atoms with van der Waals surface area (Å²) in [4.78, 5) is 0. The maximum absolute atomic E-state index is 15.1. The maximum Gasteiger partial charge on any atom is 0.330 e. The lowest BCUT2D eigenvalue weighted by molar-refractivity contribution is 0.116. The molecule has 36 heavy (non-hydrogen) atoms. The molecule has 0 saturated heterocycles. The van der Waals surface area contributed by atoms with Crippen LogP contribution in [0.4, 0.5) is 18.9 Å². The smallest absolute Gasteiger partial charge is 0.330 e. The summed E-state index contributed by atoms with van der Waals surface area (Å²) in [6, 6.07) is 9.60. The Bertz CT molecular complexity index is 1540. The van der Waals surface area contributed by atoms with Crippen molar-refractivity contribution < 1.29 is 35.0 Å². The first-order valence-electron chi connectivity index (χ1n) is 10.0. The summed E-state index contributed by atoms with van der Waals surface area (Å²) in [7, 11) is -6.21. The highest BCUT2D eigenvalue weighted by atomic mass is 32.2. The van der Waals surface area contributed by atoms with E-state index in [1.54, 1.807) is 12.1 Å². The van der Waals surface area contributed by atoms with Gasteiger partial charge in [0.05, 0.1) is 29.1 Å². The molecule has 0 amide bonds. The van der Waals surface area contributed by atoms with Gasteiger partial charge in [0.15, 0.2) is 0 Å². The molecule has 0 radical (unpaired) electrons. The van der Waals surface area contributed by atoms with Crippen LogP contribution in [-0.4, -0.2) is 34.2 Å². The van der Waals surface area contributed by atoms with E-state index in [4.69, 9.17) is 13.9 Å². The second-order valence-corrected chi connectivity index (χ2v) is 10.9. The van der Waals surface area contributed by atoms with Crippen molar-refractivity contribution >= 4 is 25.6 Å². The fourth-order valence-electron chi connectivity index (χ4n) is 3.14. The zero-order valence-corrected chi connectivity index (χ0v) is 20.0. The van der Waals surface area contributed by atoms with E-state index in [0.29, 0.717) is 5.75 Å². The number of methoxy groups -OCH3 is 1. The molecule has 1 N–H and O–H groups in total. The van der Waals surface area contributed by atoms with E-state index < -0.39 is 44.6 Å². The van der Waals surface area contributed by atoms with Gasteiger partial charge in [-0.1, -0.05) is 12.1 Å². The number of halogens is 3. The molecule has 4 rings (SSSR count). The maximum atomic E-state index is 15.1. The predicted molar refractivity (Wildman–Crippen MR) is 124 cm³/mol. The summed E-state index contributed by atoms with van der Waals surface area (Å²) in [5.74, 6) is -1.75. The van der Waals surface area contributed by atoms with Crippen molar-refractivity contribution in [3.8, 4) is 17.2 Å². The lowest BCUT2D eigenvalue weighted by Gasteiger charge is -2.30. The molecule has 2 heterocycles. The van der Waals surface area contributed by atoms with E-state index in [0.717, 1.165) is 37.9 Å². The summed E-state index contributed by atoms with van der Waals surface area (Å²) in [6.45, 7) is -0.484. The van der Waals surface area contributed by atoms with Crippen LogP contribution in [-0.2, 0) is 26.5 Å². The van der Waals surface area contributed by atoms with Gasteiger partial charge in [-0.25, -0.2) is 22.0 Å². The van der Waals surface area contributed by atoms with Crippen LogP contribution in [0.3, 0.4) is 0 Å². The average Bonchev–Trinajstić information content (AvgIpc) is 3.34. The molecule has 1 aliphatic rings. The van der Waals surface area contributed by atoms with Gasteiger partial charge in [0.2, 0.25) is 5.89 Å². The number of nitrogens with one attached hydrogen (secondary N) is 1. The van der Waals surface area contributed by atoms with E-state index in [-0.39, 0.29) is 22.7 Å². The number of aromatic nitrogens is 2. The number of nitrogens with zero attached hydrogens (tertiary/aromatic N) is 4. The molecule has 0 saturated carbocycles. The second-order valence-electron chi connectivity index (χ2n) is 7.32. The van der Waals surface area contributed by atoms with Crippen molar-refractivity contribution in [3.63, 3.8) is 0 Å². The van der Waals surface area contributed by atoms with Gasteiger partial charge >= 0.3 is 16.6 Å². The minimum Gasteiger partial charge on any atom is -0.497 e. The molecule has 0 atom stereocenters. The van der Waals surface area contributed by atoms with E-state index >= 15 is 4.39 Å². The van der Waals surface area contributed by atoms with Gasteiger partial charge in [-0.2, -0.15) is 17.2 Å². The van der Waals surface area contributed by atoms with E-state index in [2.05, 4.69) is 10.2 Å². The molecule has 3 aromatic rings. The zero-order chi connectivity index (χ0) is 26.1. The Labute approximate surface area is 204 Å². The highest BCUT2D eigenvalue weighted by Crippen LogP contribution is 2.30. The average molecular weight is 542 g/mol. The highest BCUT2D eigenvalue weighted by molar-refractivity contribution is 7.98. The Morgan fingerprint density at radius 1 is 1.17 bits per heavy atom. The van der Waals surface area contributed by atoms with E-state index in [1.165, 1.54) is 31.4 Å². The molecule has 2 aromatic carbocycles. The van der Waals surface area contributed by atoms with Gasteiger partial charge in [-0.05, 0) is 24.3 Å². The third-order valence-corrected chi connectivity index (χ3v) is 7.67. The first-order chi connectivity index (χ1) is 17.0. The van der Waals surface area contributed by atoms with Crippen LogP contribution in [0.15, 0.2) is 70.1 Å². The quantitative estimate of drug-likeness (QED) is 0.448. The van der Waals surface area contributed by atoms with Crippen LogP contribution in [0.2, 0.25) is 0 Å². The lowest BCUT2D eigenvalue weighted by atomic mass is 10.1. The largest absolute Gasteiger partial charge is 0.497 e. The third kappa shape index (κ3) is 5.21. The molecule has 0 spiro atoms. The first kappa shape index (κ1) is 25.2. The number of ether oxygens (including phenoxy) is 1. The van der Waals surface area contributed by atoms with Gasteiger partial charge in [-0.3, -0.25) is 0 Å². The third-order valence-electron chi connectivity index (χ3n) is 4.95. The lowest BCUT2D eigenvalue weighted by Crippen LogP contribution is -2.39. The molecule has 0 fully saturated rings. The normalized spacial score (nSPS) is 14.9. The number of anilines is 1. The Kier molecular flexibility index (Phi) is 6.77. The highest BCUT2D eigenvalue weighted by Gasteiger charge is 2.30. The number of benzene rings is 2. The Morgan fingerprint density at radius 2 is 1.89 bits per heavy atom. The number of rotatable bonds is 8. The molecular weight excluding hydrogens is 523 g/mol.